The summed E-state index contributed by atoms with van der Waals surface area (Å²) in [6, 6.07) is 17.5. The highest BCUT2D eigenvalue weighted by atomic mass is 16.5. The van der Waals surface area contributed by atoms with Crippen LogP contribution in [-0.2, 0) is 0 Å². The Morgan fingerprint density at radius 3 is 2.38 bits per heavy atom. The van der Waals surface area contributed by atoms with Crippen molar-refractivity contribution in [3.63, 3.8) is 0 Å². The van der Waals surface area contributed by atoms with Gasteiger partial charge >= 0.3 is 0 Å². The van der Waals surface area contributed by atoms with E-state index in [2.05, 4.69) is 26.7 Å². The van der Waals surface area contributed by atoms with E-state index in [4.69, 9.17) is 10.00 Å². The number of nitrogens with one attached hydrogen (secondary N) is 2. The van der Waals surface area contributed by atoms with E-state index in [0.29, 0.717) is 22.8 Å². The zero-order valence-electron chi connectivity index (χ0n) is 13.9. The standard InChI is InChI=1S/C19H15N5O2/c1-26-16-8-6-15(7-9-16)24-19(25)17-10-18(22-12-21-17)23-14-4-2-13(11-20)3-5-14/h2-10,12H,1H3,(H,24,25)(H,21,22,23). The molecule has 26 heavy (non-hydrogen) atoms. The molecule has 7 heteroatoms. The van der Waals surface area contributed by atoms with Crippen molar-refractivity contribution >= 4 is 23.1 Å². The fourth-order valence-electron chi connectivity index (χ4n) is 2.20. The maximum atomic E-state index is 12.4. The van der Waals surface area contributed by atoms with Crippen LogP contribution in [0.1, 0.15) is 16.1 Å². The molecule has 3 rings (SSSR count). The Labute approximate surface area is 150 Å². The van der Waals surface area contributed by atoms with Gasteiger partial charge in [-0.15, -0.1) is 0 Å². The molecular formula is C19H15N5O2. The van der Waals surface area contributed by atoms with Crippen LogP contribution in [0.2, 0.25) is 0 Å². The number of methoxy groups -OCH3 is 1. The SMILES string of the molecule is COc1ccc(NC(=O)c2cc(Nc3ccc(C#N)cc3)ncn2)cc1. The molecule has 0 bridgehead atoms. The summed E-state index contributed by atoms with van der Waals surface area (Å²) >= 11 is 0. The maximum absolute atomic E-state index is 12.4. The number of hydrogen-bond acceptors (Lipinski definition) is 6. The molecule has 2 aromatic carbocycles. The molecule has 2 N–H and O–H groups in total. The number of nitrogens with zero attached hydrogens (tertiary/aromatic N) is 3. The van der Waals surface area contributed by atoms with Crippen LogP contribution < -0.4 is 15.4 Å². The molecule has 1 aromatic heterocycles. The van der Waals surface area contributed by atoms with Crippen molar-refractivity contribution in [2.24, 2.45) is 0 Å². The van der Waals surface area contributed by atoms with E-state index in [1.807, 2.05) is 0 Å². The Hall–Kier alpha value is -3.92. The number of carbonyl (C=O) groups is 1. The third-order valence-corrected chi connectivity index (χ3v) is 3.53. The molecule has 0 saturated carbocycles. The summed E-state index contributed by atoms with van der Waals surface area (Å²) in [6.45, 7) is 0. The lowest BCUT2D eigenvalue weighted by Gasteiger charge is -2.08. The zero-order valence-corrected chi connectivity index (χ0v) is 13.9. The lowest BCUT2D eigenvalue weighted by molar-refractivity contribution is 0.102. The number of hydrogen-bond donors (Lipinski definition) is 2. The Morgan fingerprint density at radius 2 is 1.73 bits per heavy atom. The summed E-state index contributed by atoms with van der Waals surface area (Å²) in [4.78, 5) is 20.5. The number of benzene rings is 2. The van der Waals surface area contributed by atoms with Crippen molar-refractivity contribution in [3.05, 3.63) is 72.2 Å². The molecule has 0 aliphatic rings. The van der Waals surface area contributed by atoms with Gasteiger partial charge < -0.3 is 15.4 Å². The third kappa shape index (κ3) is 4.13. The molecule has 1 amide bonds. The second-order valence-corrected chi connectivity index (χ2v) is 5.29. The minimum Gasteiger partial charge on any atom is -0.497 e. The average Bonchev–Trinajstić information content (AvgIpc) is 2.69. The first-order valence-electron chi connectivity index (χ1n) is 7.72. The van der Waals surface area contributed by atoms with Gasteiger partial charge in [-0.3, -0.25) is 4.79 Å². The fourth-order valence-corrected chi connectivity index (χ4v) is 2.20. The Balaban J connectivity index is 1.71. The fraction of sp³-hybridized carbons (Fsp3) is 0.0526. The van der Waals surface area contributed by atoms with Crippen LogP contribution >= 0.6 is 0 Å². The minimum absolute atomic E-state index is 0.229. The van der Waals surface area contributed by atoms with Gasteiger partial charge in [0.15, 0.2) is 0 Å². The number of amides is 1. The summed E-state index contributed by atoms with van der Waals surface area (Å²) in [5.74, 6) is 0.837. The maximum Gasteiger partial charge on any atom is 0.274 e. The van der Waals surface area contributed by atoms with E-state index in [1.54, 1.807) is 61.7 Å². The molecule has 7 nitrogen and oxygen atoms in total. The number of nitriles is 1. The summed E-state index contributed by atoms with van der Waals surface area (Å²) in [5, 5.41) is 14.7. The smallest absolute Gasteiger partial charge is 0.274 e. The normalized spacial score (nSPS) is 9.85. The Kier molecular flexibility index (Phi) is 5.05. The zero-order chi connectivity index (χ0) is 18.4. The molecule has 0 aliphatic heterocycles. The first-order chi connectivity index (χ1) is 12.7. The van der Waals surface area contributed by atoms with Gasteiger partial charge in [0.05, 0.1) is 18.7 Å². The molecule has 0 unspecified atom stereocenters. The molecule has 3 aromatic rings. The van der Waals surface area contributed by atoms with E-state index >= 15 is 0 Å². The van der Waals surface area contributed by atoms with Crippen LogP contribution in [0.4, 0.5) is 17.2 Å². The quantitative estimate of drug-likeness (QED) is 0.735. The molecule has 0 atom stereocenters. The van der Waals surface area contributed by atoms with Gasteiger partial charge in [0.2, 0.25) is 0 Å². The van der Waals surface area contributed by atoms with Gasteiger partial charge in [-0.25, -0.2) is 9.97 Å². The summed E-state index contributed by atoms with van der Waals surface area (Å²) in [6.07, 6.45) is 1.31. The van der Waals surface area contributed by atoms with Crippen molar-refractivity contribution < 1.29 is 9.53 Å². The first kappa shape index (κ1) is 16.9. The van der Waals surface area contributed by atoms with Crippen molar-refractivity contribution in [2.45, 2.75) is 0 Å². The van der Waals surface area contributed by atoms with Gasteiger partial charge in [-0.05, 0) is 48.5 Å². The van der Waals surface area contributed by atoms with Gasteiger partial charge in [0, 0.05) is 17.4 Å². The minimum atomic E-state index is -0.347. The first-order valence-corrected chi connectivity index (χ1v) is 7.72. The molecule has 0 spiro atoms. The highest BCUT2D eigenvalue weighted by Gasteiger charge is 2.09. The van der Waals surface area contributed by atoms with Crippen molar-refractivity contribution in [2.75, 3.05) is 17.7 Å². The second-order valence-electron chi connectivity index (χ2n) is 5.29. The molecule has 0 aliphatic carbocycles. The number of ether oxygens (including phenoxy) is 1. The topological polar surface area (TPSA) is 99.9 Å². The van der Waals surface area contributed by atoms with Crippen LogP contribution in [-0.4, -0.2) is 23.0 Å². The summed E-state index contributed by atoms with van der Waals surface area (Å²) < 4.78 is 5.09. The van der Waals surface area contributed by atoms with Gasteiger partial charge in [0.25, 0.3) is 5.91 Å². The predicted molar refractivity (Wildman–Crippen MR) is 97.4 cm³/mol. The lowest BCUT2D eigenvalue weighted by Crippen LogP contribution is -2.14. The van der Waals surface area contributed by atoms with E-state index in [1.165, 1.54) is 6.33 Å². The van der Waals surface area contributed by atoms with E-state index in [0.717, 1.165) is 5.69 Å². The number of anilines is 3. The van der Waals surface area contributed by atoms with E-state index in [9.17, 15) is 4.79 Å². The second kappa shape index (κ2) is 7.77. The van der Waals surface area contributed by atoms with Crippen LogP contribution in [0.5, 0.6) is 5.75 Å². The van der Waals surface area contributed by atoms with Crippen LogP contribution in [0.3, 0.4) is 0 Å². The number of carbonyl (C=O) groups excluding carboxylic acids is 1. The van der Waals surface area contributed by atoms with Crippen LogP contribution in [0.15, 0.2) is 60.9 Å². The van der Waals surface area contributed by atoms with E-state index < -0.39 is 0 Å². The van der Waals surface area contributed by atoms with Crippen LogP contribution in [0, 0.1) is 11.3 Å². The monoisotopic (exact) mass is 345 g/mol. The predicted octanol–water partition coefficient (Wildman–Crippen LogP) is 3.35. The Morgan fingerprint density at radius 1 is 1.04 bits per heavy atom. The molecule has 1 heterocycles. The number of aromatic nitrogens is 2. The van der Waals surface area contributed by atoms with Gasteiger partial charge in [-0.1, -0.05) is 0 Å². The molecule has 0 radical (unpaired) electrons. The molecule has 128 valence electrons. The average molecular weight is 345 g/mol. The van der Waals surface area contributed by atoms with Gasteiger partial charge in [-0.2, -0.15) is 5.26 Å². The highest BCUT2D eigenvalue weighted by molar-refractivity contribution is 6.03. The van der Waals surface area contributed by atoms with Crippen molar-refractivity contribution in [1.29, 1.82) is 5.26 Å². The van der Waals surface area contributed by atoms with E-state index in [-0.39, 0.29) is 11.6 Å². The Bertz CT molecular complexity index is 947. The summed E-state index contributed by atoms with van der Waals surface area (Å²) in [5.41, 5.74) is 2.19. The summed E-state index contributed by atoms with van der Waals surface area (Å²) in [7, 11) is 1.58. The largest absolute Gasteiger partial charge is 0.497 e. The molecule has 0 saturated heterocycles. The van der Waals surface area contributed by atoms with Crippen LogP contribution in [0.25, 0.3) is 0 Å². The molecule has 0 fully saturated rings. The molecular weight excluding hydrogens is 330 g/mol. The highest BCUT2D eigenvalue weighted by Crippen LogP contribution is 2.17. The van der Waals surface area contributed by atoms with Crippen molar-refractivity contribution in [3.8, 4) is 11.8 Å². The van der Waals surface area contributed by atoms with Gasteiger partial charge in [0.1, 0.15) is 23.6 Å². The van der Waals surface area contributed by atoms with Crippen molar-refractivity contribution in [1.82, 2.24) is 9.97 Å². The third-order valence-electron chi connectivity index (χ3n) is 3.53. The number of rotatable bonds is 5. The lowest BCUT2D eigenvalue weighted by atomic mass is 10.2.